The molecular formula is C25H34ClN3O4. The molecule has 1 aromatic rings. The number of nitrogens with zero attached hydrogens (tertiary/aromatic N) is 2. The first-order valence-electron chi connectivity index (χ1n) is 12.1. The number of amides is 1. The minimum atomic E-state index is -1.17. The van der Waals surface area contributed by atoms with Gasteiger partial charge in [0.25, 0.3) is 0 Å². The lowest BCUT2D eigenvalue weighted by atomic mass is 9.52. The van der Waals surface area contributed by atoms with Gasteiger partial charge in [0.1, 0.15) is 5.60 Å². The lowest BCUT2D eigenvalue weighted by Crippen LogP contribution is -2.66. The molecule has 4 aliphatic carbocycles. The van der Waals surface area contributed by atoms with Crippen molar-refractivity contribution in [2.75, 3.05) is 31.1 Å². The second-order valence-corrected chi connectivity index (χ2v) is 11.5. The van der Waals surface area contributed by atoms with Crippen LogP contribution in [0.1, 0.15) is 46.0 Å². The SMILES string of the molecule is CC(C)(C(=O)NC1C2CC3CC1CC(OC(=O)O)(C3)C2)N1CCN(c2ccc(Cl)cc2)CC1. The molecule has 1 aromatic carbocycles. The predicted molar refractivity (Wildman–Crippen MR) is 127 cm³/mol. The summed E-state index contributed by atoms with van der Waals surface area (Å²) in [5.41, 5.74) is 0.0278. The Bertz CT molecular complexity index is 897. The molecule has 1 saturated heterocycles. The van der Waals surface area contributed by atoms with E-state index in [1.807, 2.05) is 38.1 Å². The molecule has 5 aliphatic rings. The van der Waals surface area contributed by atoms with Crippen LogP contribution in [0.5, 0.6) is 0 Å². The number of rotatable bonds is 5. The van der Waals surface area contributed by atoms with Gasteiger partial charge in [-0.05, 0) is 88.0 Å². The van der Waals surface area contributed by atoms with Gasteiger partial charge >= 0.3 is 6.16 Å². The van der Waals surface area contributed by atoms with Crippen molar-refractivity contribution in [2.24, 2.45) is 17.8 Å². The molecular weight excluding hydrogens is 442 g/mol. The summed E-state index contributed by atoms with van der Waals surface area (Å²) in [5, 5.41) is 13.4. The summed E-state index contributed by atoms with van der Waals surface area (Å²) in [5.74, 6) is 1.20. The van der Waals surface area contributed by atoms with Gasteiger partial charge in [0.2, 0.25) is 5.91 Å². The van der Waals surface area contributed by atoms with Crippen molar-refractivity contribution in [3.05, 3.63) is 29.3 Å². The third-order valence-electron chi connectivity index (χ3n) is 8.64. The van der Waals surface area contributed by atoms with Gasteiger partial charge < -0.3 is 20.1 Å². The normalized spacial score (nSPS) is 33.7. The number of anilines is 1. The van der Waals surface area contributed by atoms with E-state index < -0.39 is 17.3 Å². The van der Waals surface area contributed by atoms with Gasteiger partial charge in [-0.25, -0.2) is 4.79 Å². The Morgan fingerprint density at radius 2 is 1.67 bits per heavy atom. The molecule has 2 atom stereocenters. The minimum Gasteiger partial charge on any atom is -0.450 e. The topological polar surface area (TPSA) is 82.1 Å². The first-order chi connectivity index (χ1) is 15.6. The number of carboxylic acid groups (broad SMARTS) is 1. The Morgan fingerprint density at radius 1 is 1.06 bits per heavy atom. The molecule has 2 N–H and O–H groups in total. The number of carbonyl (C=O) groups is 2. The Labute approximate surface area is 200 Å². The highest BCUT2D eigenvalue weighted by Gasteiger charge is 2.58. The molecule has 7 nitrogen and oxygen atoms in total. The van der Waals surface area contributed by atoms with E-state index in [9.17, 15) is 14.7 Å². The lowest BCUT2D eigenvalue weighted by molar-refractivity contribution is -0.157. The third kappa shape index (κ3) is 4.30. The predicted octanol–water partition coefficient (Wildman–Crippen LogP) is 4.00. The Balaban J connectivity index is 1.20. The van der Waals surface area contributed by atoms with Crippen molar-refractivity contribution in [3.8, 4) is 0 Å². The second kappa shape index (κ2) is 8.35. The van der Waals surface area contributed by atoms with Gasteiger partial charge in [-0.15, -0.1) is 0 Å². The number of halogens is 1. The van der Waals surface area contributed by atoms with Gasteiger partial charge in [-0.2, -0.15) is 0 Å². The maximum Gasteiger partial charge on any atom is 0.506 e. The monoisotopic (exact) mass is 475 g/mol. The van der Waals surface area contributed by atoms with Crippen LogP contribution in [-0.4, -0.2) is 65.4 Å². The van der Waals surface area contributed by atoms with Gasteiger partial charge in [0, 0.05) is 42.9 Å². The molecule has 1 amide bonds. The van der Waals surface area contributed by atoms with Gasteiger partial charge in [-0.1, -0.05) is 11.6 Å². The Hall–Kier alpha value is -1.99. The average molecular weight is 476 g/mol. The summed E-state index contributed by atoms with van der Waals surface area (Å²) in [7, 11) is 0. The van der Waals surface area contributed by atoms with Crippen LogP contribution in [0.2, 0.25) is 5.02 Å². The number of nitrogens with one attached hydrogen (secondary N) is 1. The lowest BCUT2D eigenvalue weighted by Gasteiger charge is -2.59. The van der Waals surface area contributed by atoms with Crippen LogP contribution in [0.15, 0.2) is 24.3 Å². The van der Waals surface area contributed by atoms with Gasteiger partial charge in [-0.3, -0.25) is 9.69 Å². The van der Waals surface area contributed by atoms with E-state index in [-0.39, 0.29) is 11.9 Å². The smallest absolute Gasteiger partial charge is 0.450 e. The van der Waals surface area contributed by atoms with E-state index in [1.165, 1.54) is 0 Å². The van der Waals surface area contributed by atoms with Crippen molar-refractivity contribution >= 4 is 29.4 Å². The Kier molecular flexibility index (Phi) is 5.76. The van der Waals surface area contributed by atoms with Gasteiger partial charge in [0.15, 0.2) is 0 Å². The highest BCUT2D eigenvalue weighted by molar-refractivity contribution is 6.30. The molecule has 6 rings (SSSR count). The molecule has 4 saturated carbocycles. The highest BCUT2D eigenvalue weighted by Crippen LogP contribution is 2.57. The largest absolute Gasteiger partial charge is 0.506 e. The van der Waals surface area contributed by atoms with Crippen LogP contribution < -0.4 is 10.2 Å². The number of ether oxygens (including phenoxy) is 1. The van der Waals surface area contributed by atoms with Crippen molar-refractivity contribution in [2.45, 2.75) is 63.1 Å². The molecule has 4 bridgehead atoms. The van der Waals surface area contributed by atoms with Crippen molar-refractivity contribution in [3.63, 3.8) is 0 Å². The molecule has 2 unspecified atom stereocenters. The summed E-state index contributed by atoms with van der Waals surface area (Å²) >= 11 is 6.02. The van der Waals surface area contributed by atoms with E-state index in [1.54, 1.807) is 0 Å². The average Bonchev–Trinajstić information content (AvgIpc) is 2.75. The Morgan fingerprint density at radius 3 is 2.24 bits per heavy atom. The van der Waals surface area contributed by atoms with Crippen LogP contribution in [-0.2, 0) is 9.53 Å². The molecule has 1 aliphatic heterocycles. The quantitative estimate of drug-likeness (QED) is 0.626. The molecule has 5 fully saturated rings. The number of benzene rings is 1. The maximum absolute atomic E-state index is 13.5. The number of carbonyl (C=O) groups excluding carboxylic acids is 1. The second-order valence-electron chi connectivity index (χ2n) is 11.0. The van der Waals surface area contributed by atoms with Crippen LogP contribution in [0.4, 0.5) is 10.5 Å². The number of hydrogen-bond donors (Lipinski definition) is 2. The zero-order valence-electron chi connectivity index (χ0n) is 19.4. The van der Waals surface area contributed by atoms with Crippen molar-refractivity contribution < 1.29 is 19.4 Å². The fourth-order valence-electron chi connectivity index (χ4n) is 7.14. The highest BCUT2D eigenvalue weighted by atomic mass is 35.5. The van der Waals surface area contributed by atoms with Crippen molar-refractivity contribution in [1.82, 2.24) is 10.2 Å². The van der Waals surface area contributed by atoms with Crippen LogP contribution in [0.25, 0.3) is 0 Å². The summed E-state index contributed by atoms with van der Waals surface area (Å²) < 4.78 is 5.40. The third-order valence-corrected chi connectivity index (χ3v) is 8.89. The summed E-state index contributed by atoms with van der Waals surface area (Å²) in [6, 6.07) is 8.04. The first kappa shape index (κ1) is 22.8. The first-order valence-corrected chi connectivity index (χ1v) is 12.5. The molecule has 1 heterocycles. The van der Waals surface area contributed by atoms with E-state index in [0.29, 0.717) is 17.8 Å². The maximum atomic E-state index is 13.5. The van der Waals surface area contributed by atoms with Gasteiger partial charge in [0.05, 0.1) is 5.54 Å². The van der Waals surface area contributed by atoms with Crippen LogP contribution in [0, 0.1) is 17.8 Å². The van der Waals surface area contributed by atoms with E-state index in [0.717, 1.165) is 69.0 Å². The fraction of sp³-hybridized carbons (Fsp3) is 0.680. The molecule has 0 radical (unpaired) electrons. The molecule has 0 aromatic heterocycles. The van der Waals surface area contributed by atoms with Crippen LogP contribution >= 0.6 is 11.6 Å². The fourth-order valence-corrected chi connectivity index (χ4v) is 7.27. The number of hydrogen-bond acceptors (Lipinski definition) is 5. The number of piperazine rings is 1. The standard InChI is InChI=1S/C25H34ClN3O4/c1-24(2,29-9-7-28(8-10-29)20-5-3-19(26)4-6-20)22(30)27-21-17-11-16-12-18(21)15-25(13-16,14-17)33-23(31)32/h3-6,16-18,21H,7-15H2,1-2H3,(H,27,30)(H,31,32). The van der Waals surface area contributed by atoms with E-state index >= 15 is 0 Å². The molecule has 33 heavy (non-hydrogen) atoms. The van der Waals surface area contributed by atoms with E-state index in [2.05, 4.69) is 15.1 Å². The molecule has 180 valence electrons. The zero-order valence-corrected chi connectivity index (χ0v) is 20.2. The minimum absolute atomic E-state index is 0.0770. The van der Waals surface area contributed by atoms with Crippen molar-refractivity contribution in [1.29, 1.82) is 0 Å². The summed E-state index contributed by atoms with van der Waals surface area (Å²) in [6.07, 6.45) is 3.26. The van der Waals surface area contributed by atoms with Crippen LogP contribution in [0.3, 0.4) is 0 Å². The summed E-state index contributed by atoms with van der Waals surface area (Å²) in [4.78, 5) is 29.4. The van der Waals surface area contributed by atoms with E-state index in [4.69, 9.17) is 16.3 Å². The zero-order chi connectivity index (χ0) is 23.4. The molecule has 8 heteroatoms. The molecule has 0 spiro atoms. The summed E-state index contributed by atoms with van der Waals surface area (Å²) in [6.45, 7) is 7.40.